The molecule has 3 rings (SSSR count). The fourth-order valence-corrected chi connectivity index (χ4v) is 2.79. The summed E-state index contributed by atoms with van der Waals surface area (Å²) in [5.41, 5.74) is 13.8. The van der Waals surface area contributed by atoms with Crippen molar-refractivity contribution in [3.63, 3.8) is 0 Å². The molecule has 2 heterocycles. The number of hydrogen-bond acceptors (Lipinski definition) is 7. The maximum atomic E-state index is 9.46. The van der Waals surface area contributed by atoms with Gasteiger partial charge < -0.3 is 16.2 Å². The van der Waals surface area contributed by atoms with Crippen LogP contribution in [0.15, 0.2) is 46.9 Å². The minimum atomic E-state index is -0.425. The first kappa shape index (κ1) is 14.2. The summed E-state index contributed by atoms with van der Waals surface area (Å²) in [4.78, 5) is 8.56. The lowest BCUT2D eigenvalue weighted by atomic mass is 9.85. The highest BCUT2D eigenvalue weighted by molar-refractivity contribution is 7.98. The van der Waals surface area contributed by atoms with Crippen LogP contribution in [-0.2, 0) is 0 Å². The average Bonchev–Trinajstić information content (AvgIpc) is 2.54. The van der Waals surface area contributed by atoms with E-state index < -0.39 is 5.92 Å². The Hall–Kier alpha value is -2.72. The number of allylic oxidation sites excluding steroid dienone is 1. The number of aromatic nitrogens is 2. The van der Waals surface area contributed by atoms with Crippen LogP contribution in [0, 0.1) is 11.3 Å². The van der Waals surface area contributed by atoms with E-state index in [9.17, 15) is 5.26 Å². The minimum absolute atomic E-state index is 0.0500. The first-order valence-corrected chi connectivity index (χ1v) is 7.72. The standard InChI is InChI=1S/C15H13N5OS/c1-22-15-19-12(17)11-10(8-5-3-2-4-6-8)9(7-16)13(18)21-14(11)20-15/h2-6,10H,18H2,1H3,(H2,17,19,20)/t10-/m1/s1. The molecule has 1 aliphatic heterocycles. The zero-order valence-electron chi connectivity index (χ0n) is 11.8. The van der Waals surface area contributed by atoms with E-state index in [0.29, 0.717) is 28.0 Å². The molecule has 6 nitrogen and oxygen atoms in total. The van der Waals surface area contributed by atoms with E-state index in [1.165, 1.54) is 11.8 Å². The van der Waals surface area contributed by atoms with E-state index in [-0.39, 0.29) is 5.88 Å². The fraction of sp³-hybridized carbons (Fsp3) is 0.133. The van der Waals surface area contributed by atoms with Crippen LogP contribution in [0.3, 0.4) is 0 Å². The van der Waals surface area contributed by atoms with E-state index in [2.05, 4.69) is 16.0 Å². The number of rotatable bonds is 2. The number of hydrogen-bond donors (Lipinski definition) is 2. The molecule has 0 spiro atoms. The molecule has 1 aromatic carbocycles. The van der Waals surface area contributed by atoms with Crippen molar-refractivity contribution in [2.45, 2.75) is 11.1 Å². The second kappa shape index (κ2) is 5.58. The predicted octanol–water partition coefficient (Wildman–Crippen LogP) is 2.00. The number of anilines is 1. The molecule has 1 aliphatic rings. The van der Waals surface area contributed by atoms with Gasteiger partial charge in [-0.3, -0.25) is 0 Å². The summed E-state index contributed by atoms with van der Waals surface area (Å²) in [7, 11) is 0. The van der Waals surface area contributed by atoms with E-state index >= 15 is 0 Å². The SMILES string of the molecule is CSc1nc(N)c2c(n1)OC(N)=C(C#N)[C@H]2c1ccccc1. The van der Waals surface area contributed by atoms with Crippen molar-refractivity contribution in [2.75, 3.05) is 12.0 Å². The molecule has 1 aromatic heterocycles. The van der Waals surface area contributed by atoms with Crippen molar-refractivity contribution in [2.24, 2.45) is 5.73 Å². The second-order valence-corrected chi connectivity index (χ2v) is 5.42. The Morgan fingerprint density at radius 1 is 1.23 bits per heavy atom. The highest BCUT2D eigenvalue weighted by Crippen LogP contribution is 2.43. The van der Waals surface area contributed by atoms with Gasteiger partial charge in [0.25, 0.3) is 0 Å². The van der Waals surface area contributed by atoms with Gasteiger partial charge in [0.2, 0.25) is 11.8 Å². The molecule has 0 amide bonds. The lowest BCUT2D eigenvalue weighted by Gasteiger charge is -2.26. The number of thioether (sulfide) groups is 1. The number of nitrogen functional groups attached to an aromatic ring is 1. The number of fused-ring (bicyclic) bond motifs is 1. The third kappa shape index (κ3) is 2.23. The molecule has 0 fully saturated rings. The van der Waals surface area contributed by atoms with Crippen LogP contribution < -0.4 is 16.2 Å². The molecule has 2 aromatic rings. The van der Waals surface area contributed by atoms with Crippen LogP contribution in [0.25, 0.3) is 0 Å². The molecule has 1 atom stereocenters. The smallest absolute Gasteiger partial charge is 0.231 e. The Kier molecular flexibility index (Phi) is 3.61. The monoisotopic (exact) mass is 311 g/mol. The van der Waals surface area contributed by atoms with Gasteiger partial charge in [-0.2, -0.15) is 10.2 Å². The summed E-state index contributed by atoms with van der Waals surface area (Å²) in [5, 5.41) is 9.95. The van der Waals surface area contributed by atoms with Crippen molar-refractivity contribution >= 4 is 17.6 Å². The summed E-state index contributed by atoms with van der Waals surface area (Å²) >= 11 is 1.36. The van der Waals surface area contributed by atoms with Gasteiger partial charge in [0.05, 0.1) is 11.5 Å². The molecule has 0 radical (unpaired) electrons. The van der Waals surface area contributed by atoms with Crippen LogP contribution in [0.5, 0.6) is 5.88 Å². The predicted molar refractivity (Wildman–Crippen MR) is 84.0 cm³/mol. The maximum absolute atomic E-state index is 9.46. The molecular formula is C15H13N5OS. The lowest BCUT2D eigenvalue weighted by molar-refractivity contribution is 0.373. The third-order valence-corrected chi connectivity index (χ3v) is 3.95. The third-order valence-electron chi connectivity index (χ3n) is 3.41. The Morgan fingerprint density at radius 3 is 2.59 bits per heavy atom. The van der Waals surface area contributed by atoms with Crippen LogP contribution in [0.2, 0.25) is 0 Å². The largest absolute Gasteiger partial charge is 0.422 e. The molecule has 110 valence electrons. The van der Waals surface area contributed by atoms with Gasteiger partial charge in [-0.25, -0.2) is 4.98 Å². The van der Waals surface area contributed by atoms with E-state index in [1.807, 2.05) is 36.6 Å². The first-order valence-electron chi connectivity index (χ1n) is 6.49. The number of ether oxygens (including phenoxy) is 1. The second-order valence-electron chi connectivity index (χ2n) is 4.65. The molecule has 0 unspecified atom stereocenters. The summed E-state index contributed by atoms with van der Waals surface area (Å²) in [5.74, 6) is 0.227. The molecule has 0 saturated carbocycles. The Labute approximate surface area is 131 Å². The number of nitriles is 1. The Morgan fingerprint density at radius 2 is 1.95 bits per heavy atom. The van der Waals surface area contributed by atoms with E-state index in [1.54, 1.807) is 0 Å². The molecule has 0 aliphatic carbocycles. The van der Waals surface area contributed by atoms with Crippen LogP contribution in [-0.4, -0.2) is 16.2 Å². The lowest BCUT2D eigenvalue weighted by Crippen LogP contribution is -2.23. The molecular weight excluding hydrogens is 298 g/mol. The highest BCUT2D eigenvalue weighted by Gasteiger charge is 2.34. The fourth-order valence-electron chi connectivity index (χ4n) is 2.43. The Balaban J connectivity index is 2.26. The van der Waals surface area contributed by atoms with Crippen molar-refractivity contribution in [1.82, 2.24) is 9.97 Å². The highest BCUT2D eigenvalue weighted by atomic mass is 32.2. The van der Waals surface area contributed by atoms with Crippen LogP contribution >= 0.6 is 11.8 Å². The molecule has 7 heteroatoms. The van der Waals surface area contributed by atoms with Gasteiger partial charge in [-0.1, -0.05) is 42.1 Å². The average molecular weight is 311 g/mol. The minimum Gasteiger partial charge on any atom is -0.422 e. The van der Waals surface area contributed by atoms with Crippen LogP contribution in [0.4, 0.5) is 5.82 Å². The summed E-state index contributed by atoms with van der Waals surface area (Å²) in [6, 6.07) is 11.6. The van der Waals surface area contributed by atoms with Crippen molar-refractivity contribution < 1.29 is 4.74 Å². The van der Waals surface area contributed by atoms with E-state index in [4.69, 9.17) is 16.2 Å². The molecule has 0 saturated heterocycles. The topological polar surface area (TPSA) is 111 Å². The summed E-state index contributed by atoms with van der Waals surface area (Å²) in [6.07, 6.45) is 1.85. The normalized spacial score (nSPS) is 16.6. The quantitative estimate of drug-likeness (QED) is 0.644. The number of benzene rings is 1. The van der Waals surface area contributed by atoms with E-state index in [0.717, 1.165) is 5.56 Å². The van der Waals surface area contributed by atoms with Gasteiger partial charge in [-0.15, -0.1) is 0 Å². The zero-order valence-corrected chi connectivity index (χ0v) is 12.6. The van der Waals surface area contributed by atoms with Gasteiger partial charge in [-0.05, 0) is 11.8 Å². The number of nitrogens with two attached hydrogens (primary N) is 2. The molecule has 0 bridgehead atoms. The van der Waals surface area contributed by atoms with Gasteiger partial charge in [0.15, 0.2) is 5.16 Å². The summed E-state index contributed by atoms with van der Waals surface area (Å²) in [6.45, 7) is 0. The Bertz CT molecular complexity index is 798. The number of nitrogens with zero attached hydrogens (tertiary/aromatic N) is 3. The van der Waals surface area contributed by atoms with Crippen molar-refractivity contribution in [1.29, 1.82) is 5.26 Å². The van der Waals surface area contributed by atoms with Crippen molar-refractivity contribution in [3.8, 4) is 11.9 Å². The first-order chi connectivity index (χ1) is 10.7. The molecule has 4 N–H and O–H groups in total. The van der Waals surface area contributed by atoms with Crippen LogP contribution in [0.1, 0.15) is 17.0 Å². The van der Waals surface area contributed by atoms with Gasteiger partial charge in [0.1, 0.15) is 17.5 Å². The molecule has 22 heavy (non-hydrogen) atoms. The zero-order chi connectivity index (χ0) is 15.7. The summed E-state index contributed by atoms with van der Waals surface area (Å²) < 4.78 is 5.50. The van der Waals surface area contributed by atoms with Gasteiger partial charge in [0, 0.05) is 0 Å². The van der Waals surface area contributed by atoms with Crippen molar-refractivity contribution in [3.05, 3.63) is 52.9 Å². The van der Waals surface area contributed by atoms with Gasteiger partial charge >= 0.3 is 0 Å². The maximum Gasteiger partial charge on any atom is 0.231 e.